The zero-order valence-corrected chi connectivity index (χ0v) is 15.2. The van der Waals surface area contributed by atoms with Gasteiger partial charge in [-0.1, -0.05) is 60.5 Å². The van der Waals surface area contributed by atoms with E-state index in [1.54, 1.807) is 0 Å². The summed E-state index contributed by atoms with van der Waals surface area (Å²) < 4.78 is 1.03. The summed E-state index contributed by atoms with van der Waals surface area (Å²) in [6.07, 6.45) is 2.00. The Morgan fingerprint density at radius 1 is 1.13 bits per heavy atom. The quantitative estimate of drug-likeness (QED) is 0.725. The van der Waals surface area contributed by atoms with Gasteiger partial charge in [0.1, 0.15) is 0 Å². The van der Waals surface area contributed by atoms with Crippen LogP contribution in [0.2, 0.25) is 0 Å². The molecule has 0 bridgehead atoms. The third kappa shape index (κ3) is 3.20. The number of carbonyl (C=O) groups excluding carboxylic acids is 1. The molecular formula is C20H22BrNO. The van der Waals surface area contributed by atoms with Crippen molar-refractivity contribution < 1.29 is 4.79 Å². The van der Waals surface area contributed by atoms with Crippen LogP contribution < -0.4 is 4.90 Å². The molecule has 0 radical (unpaired) electrons. The predicted molar refractivity (Wildman–Crippen MR) is 98.8 cm³/mol. The molecule has 0 unspecified atom stereocenters. The molecule has 1 heterocycles. The Morgan fingerprint density at radius 3 is 2.61 bits per heavy atom. The van der Waals surface area contributed by atoms with Gasteiger partial charge >= 0.3 is 0 Å². The molecule has 0 saturated carbocycles. The van der Waals surface area contributed by atoms with Crippen molar-refractivity contribution in [1.82, 2.24) is 0 Å². The first-order chi connectivity index (χ1) is 11.1. The van der Waals surface area contributed by atoms with Gasteiger partial charge in [-0.15, -0.1) is 0 Å². The van der Waals surface area contributed by atoms with Crippen LogP contribution in [0.1, 0.15) is 37.3 Å². The topological polar surface area (TPSA) is 20.3 Å². The second kappa shape index (κ2) is 6.88. The molecule has 120 valence electrons. The predicted octanol–water partition coefficient (Wildman–Crippen LogP) is 5.17. The summed E-state index contributed by atoms with van der Waals surface area (Å²) in [7, 11) is 0. The summed E-state index contributed by atoms with van der Waals surface area (Å²) in [5.41, 5.74) is 3.42. The minimum absolute atomic E-state index is 0.0391. The summed E-state index contributed by atoms with van der Waals surface area (Å²) in [5, 5.41) is 0. The number of rotatable bonds is 4. The van der Waals surface area contributed by atoms with E-state index in [0.717, 1.165) is 35.1 Å². The number of nitrogens with zero attached hydrogens (tertiary/aromatic N) is 1. The minimum Gasteiger partial charge on any atom is -0.312 e. The van der Waals surface area contributed by atoms with Crippen molar-refractivity contribution in [2.45, 2.75) is 32.6 Å². The lowest BCUT2D eigenvalue weighted by Gasteiger charge is -2.18. The summed E-state index contributed by atoms with van der Waals surface area (Å²) in [6, 6.07) is 16.5. The molecule has 0 spiro atoms. The highest BCUT2D eigenvalue weighted by molar-refractivity contribution is 9.10. The second-order valence-corrected chi connectivity index (χ2v) is 7.09. The van der Waals surface area contributed by atoms with Crippen LogP contribution in [0, 0.1) is 5.92 Å². The van der Waals surface area contributed by atoms with Gasteiger partial charge in [0, 0.05) is 16.7 Å². The lowest BCUT2D eigenvalue weighted by Crippen LogP contribution is -2.26. The standard InChI is InChI=1S/C20H22BrNO/c1-3-14-7-5-10-18(11-14)22-13-15(4-2)19(20(22)23)16-8-6-9-17(21)12-16/h5-12,15,19H,3-4,13H2,1-2H3/t15-,19-/m1/s1. The van der Waals surface area contributed by atoms with E-state index in [1.807, 2.05) is 23.1 Å². The number of benzene rings is 2. The molecule has 1 saturated heterocycles. The molecule has 2 atom stereocenters. The van der Waals surface area contributed by atoms with E-state index in [2.05, 4.69) is 60.1 Å². The zero-order chi connectivity index (χ0) is 16.4. The van der Waals surface area contributed by atoms with E-state index in [9.17, 15) is 4.79 Å². The fourth-order valence-corrected chi connectivity index (χ4v) is 3.87. The van der Waals surface area contributed by atoms with Gasteiger partial charge in [0.2, 0.25) is 5.91 Å². The van der Waals surface area contributed by atoms with Crippen LogP contribution in [0.25, 0.3) is 0 Å². The summed E-state index contributed by atoms with van der Waals surface area (Å²) in [6.45, 7) is 5.12. The molecule has 1 amide bonds. The van der Waals surface area contributed by atoms with Crippen LogP contribution in [-0.2, 0) is 11.2 Å². The molecule has 2 aromatic carbocycles. The molecule has 1 fully saturated rings. The van der Waals surface area contributed by atoms with Gasteiger partial charge in [0.05, 0.1) is 5.92 Å². The maximum atomic E-state index is 13.1. The molecule has 2 aromatic rings. The van der Waals surface area contributed by atoms with Crippen molar-refractivity contribution >= 4 is 27.5 Å². The van der Waals surface area contributed by atoms with E-state index >= 15 is 0 Å². The van der Waals surface area contributed by atoms with E-state index in [1.165, 1.54) is 5.56 Å². The van der Waals surface area contributed by atoms with Crippen LogP contribution in [0.4, 0.5) is 5.69 Å². The van der Waals surface area contributed by atoms with Gasteiger partial charge in [-0.3, -0.25) is 4.79 Å². The number of hydrogen-bond acceptors (Lipinski definition) is 1. The van der Waals surface area contributed by atoms with Gasteiger partial charge in [0.25, 0.3) is 0 Å². The maximum absolute atomic E-state index is 13.1. The maximum Gasteiger partial charge on any atom is 0.234 e. The molecule has 3 heteroatoms. The number of anilines is 1. The first-order valence-corrected chi connectivity index (χ1v) is 9.09. The van der Waals surface area contributed by atoms with Crippen molar-refractivity contribution in [2.24, 2.45) is 5.92 Å². The lowest BCUT2D eigenvalue weighted by atomic mass is 9.87. The first kappa shape index (κ1) is 16.3. The smallest absolute Gasteiger partial charge is 0.234 e. The van der Waals surface area contributed by atoms with Crippen LogP contribution in [0.15, 0.2) is 53.0 Å². The minimum atomic E-state index is -0.0391. The highest BCUT2D eigenvalue weighted by Gasteiger charge is 2.40. The summed E-state index contributed by atoms with van der Waals surface area (Å²) in [4.78, 5) is 15.1. The molecule has 1 aliphatic rings. The molecule has 0 aliphatic carbocycles. The molecule has 0 N–H and O–H groups in total. The van der Waals surface area contributed by atoms with E-state index in [4.69, 9.17) is 0 Å². The number of carbonyl (C=O) groups is 1. The normalized spacial score (nSPS) is 21.0. The van der Waals surface area contributed by atoms with Crippen LogP contribution in [0.5, 0.6) is 0 Å². The Bertz CT molecular complexity index is 712. The molecular weight excluding hydrogens is 350 g/mol. The average Bonchev–Trinajstić information content (AvgIpc) is 2.91. The van der Waals surface area contributed by atoms with E-state index < -0.39 is 0 Å². The van der Waals surface area contributed by atoms with Crippen molar-refractivity contribution in [2.75, 3.05) is 11.4 Å². The largest absolute Gasteiger partial charge is 0.312 e. The van der Waals surface area contributed by atoms with Gasteiger partial charge in [0.15, 0.2) is 0 Å². The van der Waals surface area contributed by atoms with Crippen molar-refractivity contribution in [3.63, 3.8) is 0 Å². The Hall–Kier alpha value is -1.61. The Balaban J connectivity index is 1.95. The number of amides is 1. The van der Waals surface area contributed by atoms with Crippen molar-refractivity contribution in [3.8, 4) is 0 Å². The molecule has 3 rings (SSSR count). The van der Waals surface area contributed by atoms with Gasteiger partial charge in [-0.2, -0.15) is 0 Å². The van der Waals surface area contributed by atoms with Crippen LogP contribution in [-0.4, -0.2) is 12.5 Å². The van der Waals surface area contributed by atoms with Crippen molar-refractivity contribution in [1.29, 1.82) is 0 Å². The first-order valence-electron chi connectivity index (χ1n) is 8.29. The second-order valence-electron chi connectivity index (χ2n) is 6.17. The number of halogens is 1. The molecule has 1 aliphatic heterocycles. The average molecular weight is 372 g/mol. The number of hydrogen-bond donors (Lipinski definition) is 0. The molecule has 23 heavy (non-hydrogen) atoms. The zero-order valence-electron chi connectivity index (χ0n) is 13.6. The van der Waals surface area contributed by atoms with Crippen LogP contribution >= 0.6 is 15.9 Å². The SMILES string of the molecule is CCc1cccc(N2C[C@@H](CC)[C@H](c3cccc(Br)c3)C2=O)c1. The van der Waals surface area contributed by atoms with E-state index in [-0.39, 0.29) is 11.8 Å². The highest BCUT2D eigenvalue weighted by Crippen LogP contribution is 2.39. The van der Waals surface area contributed by atoms with Gasteiger partial charge < -0.3 is 4.90 Å². The molecule has 0 aromatic heterocycles. The Labute approximate surface area is 146 Å². The van der Waals surface area contributed by atoms with Crippen LogP contribution in [0.3, 0.4) is 0 Å². The fraction of sp³-hybridized carbons (Fsp3) is 0.350. The summed E-state index contributed by atoms with van der Waals surface area (Å²) >= 11 is 3.53. The Morgan fingerprint density at radius 2 is 1.91 bits per heavy atom. The third-order valence-electron chi connectivity index (χ3n) is 4.78. The fourth-order valence-electron chi connectivity index (χ4n) is 3.46. The lowest BCUT2D eigenvalue weighted by molar-refractivity contribution is -0.118. The molecule has 2 nitrogen and oxygen atoms in total. The number of aryl methyl sites for hydroxylation is 1. The summed E-state index contributed by atoms with van der Waals surface area (Å²) in [5.74, 6) is 0.549. The van der Waals surface area contributed by atoms with Crippen molar-refractivity contribution in [3.05, 3.63) is 64.1 Å². The van der Waals surface area contributed by atoms with Gasteiger partial charge in [-0.25, -0.2) is 0 Å². The highest BCUT2D eigenvalue weighted by atomic mass is 79.9. The Kier molecular flexibility index (Phi) is 4.86. The van der Waals surface area contributed by atoms with Gasteiger partial charge in [-0.05, 0) is 47.7 Å². The van der Waals surface area contributed by atoms with E-state index in [0.29, 0.717) is 5.92 Å². The monoisotopic (exact) mass is 371 g/mol. The third-order valence-corrected chi connectivity index (χ3v) is 5.28.